The summed E-state index contributed by atoms with van der Waals surface area (Å²) in [7, 11) is 1.93. The van der Waals surface area contributed by atoms with Crippen molar-refractivity contribution in [2.24, 2.45) is 9.81 Å². The third kappa shape index (κ3) is 10.5. The van der Waals surface area contributed by atoms with Crippen LogP contribution in [0.15, 0.2) is 34.7 Å². The van der Waals surface area contributed by atoms with Crippen molar-refractivity contribution in [3.05, 3.63) is 35.9 Å². The molecule has 0 bridgehead atoms. The number of benzene rings is 1. The molecule has 0 spiro atoms. The zero-order chi connectivity index (χ0) is 29.9. The molecule has 234 valence electrons. The van der Waals surface area contributed by atoms with E-state index in [0.29, 0.717) is 26.2 Å². The average molecular weight is 598 g/mol. The molecule has 0 aliphatic carbocycles. The van der Waals surface area contributed by atoms with Crippen LogP contribution in [-0.4, -0.2) is 86.2 Å². The van der Waals surface area contributed by atoms with Gasteiger partial charge < -0.3 is 33.2 Å². The Morgan fingerprint density at radius 2 is 1.73 bits per heavy atom. The first-order chi connectivity index (χ1) is 19.6. The highest BCUT2D eigenvalue weighted by Crippen LogP contribution is 2.42. The van der Waals surface area contributed by atoms with E-state index in [1.807, 2.05) is 39.0 Å². The van der Waals surface area contributed by atoms with E-state index in [0.717, 1.165) is 25.7 Å². The monoisotopic (exact) mass is 597 g/mol. The minimum Gasteiger partial charge on any atom is -0.378 e. The Labute approximate surface area is 249 Å². The van der Waals surface area contributed by atoms with Crippen molar-refractivity contribution in [3.63, 3.8) is 0 Å². The van der Waals surface area contributed by atoms with Gasteiger partial charge in [0.2, 0.25) is 0 Å². The lowest BCUT2D eigenvalue weighted by Gasteiger charge is -2.50. The minimum atomic E-state index is -1.42. The highest BCUT2D eigenvalue weighted by molar-refractivity contribution is 7.85. The molecule has 0 saturated carbocycles. The molecule has 1 aromatic rings. The molecule has 2 fully saturated rings. The highest BCUT2D eigenvalue weighted by atomic mass is 32.2. The summed E-state index contributed by atoms with van der Waals surface area (Å²) in [6, 6.07) is 10.1. The Morgan fingerprint density at radius 3 is 2.37 bits per heavy atom. The molecule has 3 rings (SSSR count). The van der Waals surface area contributed by atoms with Crippen LogP contribution in [0.25, 0.3) is 0 Å². The smallest absolute Gasteiger partial charge is 0.157 e. The Kier molecular flexibility index (Phi) is 13.8. The highest BCUT2D eigenvalue weighted by Gasteiger charge is 2.52. The van der Waals surface area contributed by atoms with Gasteiger partial charge in [-0.2, -0.15) is 4.40 Å². The Hall–Kier alpha value is -1.24. The first kappa shape index (κ1) is 34.3. The molecule has 0 amide bonds. The van der Waals surface area contributed by atoms with Crippen molar-refractivity contribution >= 4 is 17.2 Å². The zero-order valence-corrected chi connectivity index (χ0v) is 26.7. The lowest BCUT2D eigenvalue weighted by atomic mass is 9.73. The lowest BCUT2D eigenvalue weighted by Crippen LogP contribution is -2.61. The van der Waals surface area contributed by atoms with Crippen molar-refractivity contribution in [2.45, 2.75) is 115 Å². The van der Waals surface area contributed by atoms with E-state index in [-0.39, 0.29) is 31.4 Å². The van der Waals surface area contributed by atoms with Crippen molar-refractivity contribution in [3.8, 4) is 0 Å². The third-order valence-corrected chi connectivity index (χ3v) is 9.04. The summed E-state index contributed by atoms with van der Waals surface area (Å²) in [5, 5.41) is 0. The summed E-state index contributed by atoms with van der Waals surface area (Å²) in [5.74, 6) is 0. The number of hydrogen-bond donors (Lipinski definition) is 0. The van der Waals surface area contributed by atoms with Gasteiger partial charge in [0.05, 0.1) is 29.7 Å². The van der Waals surface area contributed by atoms with Gasteiger partial charge in [-0.1, -0.05) is 44.2 Å². The number of nitrogens with zero attached hydrogens (tertiary/aromatic N) is 1. The first-order valence-corrected chi connectivity index (χ1v) is 15.8. The van der Waals surface area contributed by atoms with Gasteiger partial charge in [0, 0.05) is 51.9 Å². The van der Waals surface area contributed by atoms with Crippen LogP contribution in [0.3, 0.4) is 0 Å². The van der Waals surface area contributed by atoms with Crippen molar-refractivity contribution in [1.82, 2.24) is 0 Å². The van der Waals surface area contributed by atoms with Gasteiger partial charge in [0.25, 0.3) is 0 Å². The summed E-state index contributed by atoms with van der Waals surface area (Å²) < 4.78 is 58.5. The van der Waals surface area contributed by atoms with Crippen LogP contribution >= 0.6 is 0 Å². The van der Waals surface area contributed by atoms with Crippen molar-refractivity contribution < 1.29 is 37.4 Å². The second kappa shape index (κ2) is 16.6. The zero-order valence-electron chi connectivity index (χ0n) is 25.9. The molecule has 7 atom stereocenters. The van der Waals surface area contributed by atoms with E-state index in [2.05, 4.69) is 30.4 Å². The van der Waals surface area contributed by atoms with Crippen LogP contribution in [0.1, 0.15) is 72.3 Å². The second-order valence-electron chi connectivity index (χ2n) is 12.3. The van der Waals surface area contributed by atoms with Gasteiger partial charge in [-0.3, -0.25) is 0 Å². The third-order valence-electron chi connectivity index (χ3n) is 7.68. The molecule has 0 aromatic heterocycles. The molecule has 2 aliphatic rings. The number of rotatable bonds is 16. The lowest BCUT2D eigenvalue weighted by molar-refractivity contribution is -0.255. The molecule has 10 heteroatoms. The quantitative estimate of drug-likeness (QED) is 0.145. The van der Waals surface area contributed by atoms with E-state index in [1.54, 1.807) is 20.4 Å². The average Bonchev–Trinajstić information content (AvgIpc) is 3.40. The number of methoxy groups -OCH3 is 2. The normalized spacial score (nSPS) is 29.2. The molecule has 2 saturated heterocycles. The van der Waals surface area contributed by atoms with Gasteiger partial charge in [-0.15, -0.1) is 0 Å². The fourth-order valence-electron chi connectivity index (χ4n) is 5.21. The largest absolute Gasteiger partial charge is 0.378 e. The van der Waals surface area contributed by atoms with Crippen molar-refractivity contribution in [1.29, 1.82) is 0 Å². The van der Waals surface area contributed by atoms with Crippen molar-refractivity contribution in [2.75, 3.05) is 34.2 Å². The van der Waals surface area contributed by atoms with Crippen LogP contribution in [0.2, 0.25) is 0 Å². The summed E-state index contributed by atoms with van der Waals surface area (Å²) in [4.78, 5) is 0. The molecule has 1 aromatic carbocycles. The molecule has 2 aliphatic heterocycles. The Balaban J connectivity index is 1.55. The molecular weight excluding hydrogens is 546 g/mol. The van der Waals surface area contributed by atoms with E-state index < -0.39 is 33.4 Å². The minimum absolute atomic E-state index is 0.0282. The predicted octanol–water partition coefficient (Wildman–Crippen LogP) is 5.23. The number of unbranched alkanes of at least 4 members (excludes halogenated alkanes) is 1. The summed E-state index contributed by atoms with van der Waals surface area (Å²) in [5.41, 5.74) is 0.779. The maximum absolute atomic E-state index is 12.7. The standard InChI is InChI=1S/C31H51NO8S/c1-30(2,3)41(33)32-20-25-28(38-22-37-18-12-11-17-36-21-23-13-9-8-10-14-23)29(35-7)31(4,5)26(40-25)19-24-15-16-27(34-6)39-24/h8-10,13-14,20,24-29H,11-12,15-19,21-22H2,1-7H3/b32-20+/t24-,25-,26-,27?,28+,29-,41-/m1/s1. The van der Waals surface area contributed by atoms with Crippen LogP contribution in [0.5, 0.6) is 0 Å². The molecule has 0 radical (unpaired) electrons. The van der Waals surface area contributed by atoms with E-state index in [1.165, 1.54) is 5.56 Å². The van der Waals surface area contributed by atoms with Gasteiger partial charge >= 0.3 is 0 Å². The fraction of sp³-hybridized carbons (Fsp3) is 0.774. The molecule has 41 heavy (non-hydrogen) atoms. The van der Waals surface area contributed by atoms with Crippen LogP contribution in [-0.2, 0) is 50.8 Å². The van der Waals surface area contributed by atoms with Gasteiger partial charge in [-0.25, -0.2) is 4.21 Å². The van der Waals surface area contributed by atoms with Crippen LogP contribution < -0.4 is 0 Å². The van der Waals surface area contributed by atoms with Gasteiger partial charge in [-0.05, 0) is 45.6 Å². The summed E-state index contributed by atoms with van der Waals surface area (Å²) >= 11 is 0. The molecule has 1 unspecified atom stereocenters. The molecule has 0 N–H and O–H groups in total. The maximum Gasteiger partial charge on any atom is 0.157 e. The van der Waals surface area contributed by atoms with E-state index >= 15 is 0 Å². The van der Waals surface area contributed by atoms with Gasteiger partial charge in [0.1, 0.15) is 30.0 Å². The molecule has 2 heterocycles. The predicted molar refractivity (Wildman–Crippen MR) is 160 cm³/mol. The van der Waals surface area contributed by atoms with E-state index in [4.69, 9.17) is 33.2 Å². The van der Waals surface area contributed by atoms with E-state index in [9.17, 15) is 4.21 Å². The Morgan fingerprint density at radius 1 is 1.02 bits per heavy atom. The molecule has 9 nitrogen and oxygen atoms in total. The second-order valence-corrected chi connectivity index (χ2v) is 14.3. The topological polar surface area (TPSA) is 94.0 Å². The Bertz CT molecular complexity index is 938. The van der Waals surface area contributed by atoms with Gasteiger partial charge in [0.15, 0.2) is 6.29 Å². The SMILES string of the molecule is COC1CC[C@H](C[C@H]2O[C@H](/C=N/[S@](=O)C(C)(C)C)[C@H](OCOCCCCOCc3ccccc3)[C@@H](OC)C2(C)C)O1. The van der Waals surface area contributed by atoms with Crippen LogP contribution in [0, 0.1) is 5.41 Å². The summed E-state index contributed by atoms with van der Waals surface area (Å²) in [6.07, 6.45) is 4.14. The maximum atomic E-state index is 12.7. The first-order valence-electron chi connectivity index (χ1n) is 14.7. The fourth-order valence-corrected chi connectivity index (χ4v) is 5.76. The summed E-state index contributed by atoms with van der Waals surface area (Å²) in [6.45, 7) is 11.9. The van der Waals surface area contributed by atoms with Crippen LogP contribution in [0.4, 0.5) is 0 Å². The number of hydrogen-bond acceptors (Lipinski definition) is 8. The molecular formula is C31H51NO8S. The number of ether oxygens (including phenoxy) is 7.